The van der Waals surface area contributed by atoms with Crippen molar-refractivity contribution < 1.29 is 28.9 Å². The van der Waals surface area contributed by atoms with Crippen molar-refractivity contribution in [1.82, 2.24) is 0 Å². The number of hydrogen-bond donors (Lipinski definition) is 0. The Morgan fingerprint density at radius 3 is 1.95 bits per heavy atom. The average Bonchev–Trinajstić information content (AvgIpc) is 3.14. The molecule has 0 aliphatic carbocycles. The van der Waals surface area contributed by atoms with Gasteiger partial charge in [0.1, 0.15) is 17.2 Å². The van der Waals surface area contributed by atoms with Gasteiger partial charge < -0.3 is 9.47 Å². The van der Waals surface area contributed by atoms with Crippen molar-refractivity contribution in [3.8, 4) is 23.0 Å². The molecular weight excluding hydrogens is 482 g/mol. The first-order chi connectivity index (χ1) is 17.8. The molecule has 1 aliphatic rings. The third kappa shape index (κ3) is 4.44. The number of carbonyl (C=O) groups is 2. The highest BCUT2D eigenvalue weighted by atomic mass is 16.6. The first kappa shape index (κ1) is 23.2. The van der Waals surface area contributed by atoms with Gasteiger partial charge in [0, 0.05) is 6.07 Å². The van der Waals surface area contributed by atoms with Gasteiger partial charge in [0.25, 0.3) is 17.5 Å². The van der Waals surface area contributed by atoms with Crippen LogP contribution in [0.5, 0.6) is 23.0 Å². The fourth-order valence-corrected chi connectivity index (χ4v) is 3.78. The highest BCUT2D eigenvalue weighted by Gasteiger charge is 2.37. The van der Waals surface area contributed by atoms with E-state index in [4.69, 9.17) is 9.47 Å². The van der Waals surface area contributed by atoms with Crippen LogP contribution in [0.3, 0.4) is 0 Å². The molecule has 0 saturated carbocycles. The molecule has 0 N–H and O–H groups in total. The van der Waals surface area contributed by atoms with E-state index in [0.29, 0.717) is 17.2 Å². The zero-order valence-corrected chi connectivity index (χ0v) is 18.8. The third-order valence-corrected chi connectivity index (χ3v) is 5.51. The second-order valence-electron chi connectivity index (χ2n) is 7.83. The lowest BCUT2D eigenvalue weighted by Gasteiger charge is -2.14. The summed E-state index contributed by atoms with van der Waals surface area (Å²) in [6.07, 6.45) is 0. The Balaban J connectivity index is 1.39. The number of amides is 2. The van der Waals surface area contributed by atoms with Crippen LogP contribution in [0.25, 0.3) is 0 Å². The van der Waals surface area contributed by atoms with Gasteiger partial charge in [-0.15, -0.1) is 0 Å². The average molecular weight is 497 g/mol. The first-order valence-electron chi connectivity index (χ1n) is 10.8. The standard InChI is InChI=1S/C26H15N3O8/c30-25-21-12-11-20(37-24-13-8-17(28(32)33)14-23(24)29(34)35)15-22(21)26(31)27(25)16-6-9-19(10-7-16)36-18-4-2-1-3-5-18/h1-15H. The lowest BCUT2D eigenvalue weighted by atomic mass is 10.1. The van der Waals surface area contributed by atoms with Gasteiger partial charge in [-0.3, -0.25) is 29.8 Å². The van der Waals surface area contributed by atoms with Crippen LogP contribution in [0.4, 0.5) is 17.1 Å². The predicted octanol–water partition coefficient (Wildman–Crippen LogP) is 5.89. The maximum absolute atomic E-state index is 13.1. The number of nitrogens with zero attached hydrogens (tertiary/aromatic N) is 3. The molecule has 1 heterocycles. The molecule has 5 rings (SSSR count). The maximum atomic E-state index is 13.1. The molecule has 11 nitrogen and oxygen atoms in total. The van der Waals surface area contributed by atoms with Crippen molar-refractivity contribution in [3.05, 3.63) is 122 Å². The number of para-hydroxylation sites is 1. The molecule has 0 spiro atoms. The zero-order valence-electron chi connectivity index (χ0n) is 18.8. The van der Waals surface area contributed by atoms with Crippen molar-refractivity contribution in [3.63, 3.8) is 0 Å². The molecule has 0 unspecified atom stereocenters. The number of non-ortho nitro benzene ring substituents is 1. The minimum absolute atomic E-state index is 0.0466. The zero-order chi connectivity index (χ0) is 26.1. The molecule has 37 heavy (non-hydrogen) atoms. The molecular formula is C26H15N3O8. The Morgan fingerprint density at radius 1 is 0.622 bits per heavy atom. The van der Waals surface area contributed by atoms with Crippen molar-refractivity contribution in [2.24, 2.45) is 0 Å². The van der Waals surface area contributed by atoms with E-state index >= 15 is 0 Å². The van der Waals surface area contributed by atoms with E-state index in [1.807, 2.05) is 18.2 Å². The van der Waals surface area contributed by atoms with Gasteiger partial charge in [0.2, 0.25) is 5.75 Å². The smallest absolute Gasteiger partial charge is 0.318 e. The largest absolute Gasteiger partial charge is 0.457 e. The van der Waals surface area contributed by atoms with E-state index in [1.54, 1.807) is 36.4 Å². The van der Waals surface area contributed by atoms with Crippen LogP contribution in [-0.4, -0.2) is 21.7 Å². The summed E-state index contributed by atoms with van der Waals surface area (Å²) in [7, 11) is 0. The summed E-state index contributed by atoms with van der Waals surface area (Å²) in [5.74, 6) is -0.183. The van der Waals surface area contributed by atoms with Crippen molar-refractivity contribution >= 4 is 28.9 Å². The van der Waals surface area contributed by atoms with Gasteiger partial charge in [-0.2, -0.15) is 0 Å². The predicted molar refractivity (Wildman–Crippen MR) is 130 cm³/mol. The highest BCUT2D eigenvalue weighted by Crippen LogP contribution is 2.37. The second kappa shape index (κ2) is 9.23. The summed E-state index contributed by atoms with van der Waals surface area (Å²) in [4.78, 5) is 47.9. The fraction of sp³-hybridized carbons (Fsp3) is 0. The minimum Gasteiger partial charge on any atom is -0.457 e. The van der Waals surface area contributed by atoms with Crippen LogP contribution < -0.4 is 14.4 Å². The Labute approximate surface area is 208 Å². The minimum atomic E-state index is -0.808. The van der Waals surface area contributed by atoms with Crippen LogP contribution in [-0.2, 0) is 0 Å². The fourth-order valence-electron chi connectivity index (χ4n) is 3.78. The number of rotatable bonds is 7. The van der Waals surface area contributed by atoms with Crippen LogP contribution >= 0.6 is 0 Å². The summed E-state index contributed by atoms with van der Waals surface area (Å²) >= 11 is 0. The third-order valence-electron chi connectivity index (χ3n) is 5.51. The number of anilines is 1. The van der Waals surface area contributed by atoms with Crippen LogP contribution in [0.15, 0.2) is 91.0 Å². The van der Waals surface area contributed by atoms with Crippen molar-refractivity contribution in [2.45, 2.75) is 0 Å². The molecule has 0 aromatic heterocycles. The lowest BCUT2D eigenvalue weighted by molar-refractivity contribution is -0.394. The molecule has 0 bridgehead atoms. The summed E-state index contributed by atoms with van der Waals surface area (Å²) in [6, 6.07) is 22.6. The van der Waals surface area contributed by atoms with Gasteiger partial charge in [0.05, 0.1) is 32.7 Å². The topological polar surface area (TPSA) is 142 Å². The molecule has 0 atom stereocenters. The lowest BCUT2D eigenvalue weighted by Crippen LogP contribution is -2.29. The molecule has 11 heteroatoms. The number of imide groups is 1. The van der Waals surface area contributed by atoms with Gasteiger partial charge in [-0.25, -0.2) is 4.90 Å². The quantitative estimate of drug-likeness (QED) is 0.175. The van der Waals surface area contributed by atoms with Crippen LogP contribution in [0.1, 0.15) is 20.7 Å². The Morgan fingerprint density at radius 2 is 1.27 bits per heavy atom. The van der Waals surface area contributed by atoms with Gasteiger partial charge in [0.15, 0.2) is 0 Å². The molecule has 0 saturated heterocycles. The normalized spacial score (nSPS) is 12.3. The number of ether oxygens (including phenoxy) is 2. The van der Waals surface area contributed by atoms with Gasteiger partial charge >= 0.3 is 5.69 Å². The monoisotopic (exact) mass is 497 g/mol. The van der Waals surface area contributed by atoms with E-state index in [0.717, 1.165) is 23.1 Å². The summed E-state index contributed by atoms with van der Waals surface area (Å²) in [5, 5.41) is 22.3. The molecule has 4 aromatic rings. The number of benzene rings is 4. The number of nitro benzene ring substituents is 2. The molecule has 0 radical (unpaired) electrons. The highest BCUT2D eigenvalue weighted by molar-refractivity contribution is 6.34. The molecule has 182 valence electrons. The van der Waals surface area contributed by atoms with Crippen molar-refractivity contribution in [2.75, 3.05) is 4.90 Å². The summed E-state index contributed by atoms with van der Waals surface area (Å²) < 4.78 is 11.3. The maximum Gasteiger partial charge on any atom is 0.318 e. The number of fused-ring (bicyclic) bond motifs is 1. The number of hydrogen-bond acceptors (Lipinski definition) is 8. The molecule has 2 amide bonds. The van der Waals surface area contributed by atoms with E-state index in [9.17, 15) is 29.8 Å². The number of nitro groups is 2. The van der Waals surface area contributed by atoms with Gasteiger partial charge in [-0.05, 0) is 60.7 Å². The SMILES string of the molecule is O=C1c2ccc(Oc3ccc([N+](=O)[O-])cc3[N+](=O)[O-])cc2C(=O)N1c1ccc(Oc2ccccc2)cc1. The molecule has 4 aromatic carbocycles. The summed E-state index contributed by atoms with van der Waals surface area (Å²) in [5.41, 5.74) is -0.557. The molecule has 1 aliphatic heterocycles. The Kier molecular flexibility index (Phi) is 5.78. The van der Waals surface area contributed by atoms with Crippen LogP contribution in [0, 0.1) is 20.2 Å². The van der Waals surface area contributed by atoms with E-state index in [-0.39, 0.29) is 22.6 Å². The van der Waals surface area contributed by atoms with Crippen molar-refractivity contribution in [1.29, 1.82) is 0 Å². The molecule has 0 fully saturated rings. The second-order valence-corrected chi connectivity index (χ2v) is 7.83. The first-order valence-corrected chi connectivity index (χ1v) is 10.8. The van der Waals surface area contributed by atoms with Crippen LogP contribution in [0.2, 0.25) is 0 Å². The summed E-state index contributed by atoms with van der Waals surface area (Å²) in [6.45, 7) is 0. The van der Waals surface area contributed by atoms with E-state index in [1.165, 1.54) is 18.2 Å². The Hall–Kier alpha value is -5.58. The van der Waals surface area contributed by atoms with E-state index < -0.39 is 33.0 Å². The van der Waals surface area contributed by atoms with E-state index in [2.05, 4.69) is 0 Å². The van der Waals surface area contributed by atoms with Gasteiger partial charge in [-0.1, -0.05) is 18.2 Å². The Bertz CT molecular complexity index is 1570. The number of carbonyl (C=O) groups excluding carboxylic acids is 2.